The predicted molar refractivity (Wildman–Crippen MR) is 272 cm³/mol. The predicted octanol–water partition coefficient (Wildman–Crippen LogP) is 17.0. The highest BCUT2D eigenvalue weighted by Gasteiger charge is 2.24. The van der Waals surface area contributed by atoms with Crippen molar-refractivity contribution in [2.24, 2.45) is 0 Å². The van der Waals surface area contributed by atoms with Gasteiger partial charge in [-0.15, -0.1) is 0 Å². The smallest absolute Gasteiger partial charge is 0.161 e. The molecule has 0 N–H and O–H groups in total. The molecule has 13 rings (SSSR count). The fourth-order valence-corrected chi connectivity index (χ4v) is 10.3. The highest BCUT2D eigenvalue weighted by Crippen LogP contribution is 2.45. The van der Waals surface area contributed by atoms with E-state index < -0.39 is 0 Å². The Morgan fingerprint density at radius 2 is 0.662 bits per heavy atom. The van der Waals surface area contributed by atoms with Crippen LogP contribution >= 0.6 is 0 Å². The number of benzene rings is 10. The number of fused-ring (bicyclic) bond motifs is 8. The Balaban J connectivity index is 1.07. The van der Waals surface area contributed by atoms with Gasteiger partial charge in [-0.25, -0.2) is 0 Å². The second-order valence-corrected chi connectivity index (χ2v) is 16.8. The van der Waals surface area contributed by atoms with Crippen molar-refractivity contribution in [3.63, 3.8) is 0 Å². The van der Waals surface area contributed by atoms with Gasteiger partial charge in [-0.2, -0.15) is 0 Å². The van der Waals surface area contributed by atoms with Crippen molar-refractivity contribution in [2.75, 3.05) is 0 Å². The van der Waals surface area contributed by atoms with Crippen LogP contribution in [0.3, 0.4) is 0 Å². The van der Waals surface area contributed by atoms with Gasteiger partial charge in [0, 0.05) is 32.7 Å². The first kappa shape index (κ1) is 36.9. The molecule has 0 fully saturated rings. The van der Waals surface area contributed by atoms with Crippen LogP contribution in [0.25, 0.3) is 122 Å². The molecule has 0 aliphatic rings. The monoisotopic (exact) mass is 828 g/mol. The van der Waals surface area contributed by atoms with Crippen molar-refractivity contribution in [3.05, 3.63) is 243 Å². The number of aromatic nitrogens is 2. The fraction of sp³-hybridized carbons (Fsp3) is 0. The molecule has 65 heavy (non-hydrogen) atoms. The van der Waals surface area contributed by atoms with Crippen LogP contribution in [0.1, 0.15) is 0 Å². The Bertz CT molecular complexity index is 3800. The highest BCUT2D eigenvalue weighted by molar-refractivity contribution is 6.17. The summed E-state index contributed by atoms with van der Waals surface area (Å²) in [6, 6.07) is 87.7. The Labute approximate surface area is 376 Å². The average Bonchev–Trinajstić information content (AvgIpc) is 4.03. The van der Waals surface area contributed by atoms with Gasteiger partial charge in [0.2, 0.25) is 0 Å². The summed E-state index contributed by atoms with van der Waals surface area (Å²) in [5.74, 6) is 0. The summed E-state index contributed by atoms with van der Waals surface area (Å²) in [7, 11) is 0. The van der Waals surface area contributed by atoms with Crippen LogP contribution in [0.2, 0.25) is 0 Å². The molecule has 10 aromatic carbocycles. The number of hydrogen-bond acceptors (Lipinski definition) is 1. The molecule has 3 aromatic heterocycles. The Hall–Kier alpha value is -8.66. The summed E-state index contributed by atoms with van der Waals surface area (Å²) in [6.45, 7) is 0. The van der Waals surface area contributed by atoms with E-state index in [0.29, 0.717) is 0 Å². The van der Waals surface area contributed by atoms with E-state index in [9.17, 15) is 0 Å². The zero-order valence-electron chi connectivity index (χ0n) is 35.4. The van der Waals surface area contributed by atoms with Crippen LogP contribution in [-0.4, -0.2) is 9.13 Å². The van der Waals surface area contributed by atoms with E-state index in [1.165, 1.54) is 55.3 Å². The molecule has 0 radical (unpaired) electrons. The molecule has 304 valence electrons. The maximum absolute atomic E-state index is 6.62. The average molecular weight is 829 g/mol. The minimum atomic E-state index is 0.886. The lowest BCUT2D eigenvalue weighted by Crippen LogP contribution is -2.01. The molecule has 0 aliphatic heterocycles. The van der Waals surface area contributed by atoms with Crippen LogP contribution in [0.5, 0.6) is 0 Å². The molecule has 0 spiro atoms. The third kappa shape index (κ3) is 5.90. The van der Waals surface area contributed by atoms with E-state index >= 15 is 0 Å². The van der Waals surface area contributed by atoms with Gasteiger partial charge in [-0.3, -0.25) is 0 Å². The Kier molecular flexibility index (Phi) is 8.53. The lowest BCUT2D eigenvalue weighted by molar-refractivity contribution is 0.673. The van der Waals surface area contributed by atoms with Gasteiger partial charge in [0.05, 0.1) is 27.9 Å². The van der Waals surface area contributed by atoms with Gasteiger partial charge in [-0.1, -0.05) is 182 Å². The standard InChI is InChI=1S/C62H40N2O/c1-3-19-41(20-4-1)45-23-7-9-25-47(45)43-35-37-58-53(39-43)54-40-44(48-26-10-8-24-46(48)42-21-5-2-6-22-42)36-38-59(54)63(58)55-31-15-11-27-49(55)50-28-12-16-32-56(50)64-57-33-17-13-29-51(57)62-61(64)52-30-14-18-34-60(52)65-62/h1-40H. The Morgan fingerprint density at radius 3 is 1.22 bits per heavy atom. The quantitative estimate of drug-likeness (QED) is 0.157. The van der Waals surface area contributed by atoms with Gasteiger partial charge in [0.15, 0.2) is 5.58 Å². The zero-order chi connectivity index (χ0) is 42.8. The molecule has 0 saturated carbocycles. The van der Waals surface area contributed by atoms with E-state index in [0.717, 1.165) is 66.5 Å². The van der Waals surface area contributed by atoms with E-state index in [1.807, 2.05) is 6.07 Å². The minimum absolute atomic E-state index is 0.886. The molecule has 13 aromatic rings. The topological polar surface area (TPSA) is 23.0 Å². The van der Waals surface area contributed by atoms with E-state index in [4.69, 9.17) is 4.42 Å². The lowest BCUT2D eigenvalue weighted by Gasteiger charge is -2.18. The Morgan fingerprint density at radius 1 is 0.262 bits per heavy atom. The maximum Gasteiger partial charge on any atom is 0.161 e. The summed E-state index contributed by atoms with van der Waals surface area (Å²) >= 11 is 0. The van der Waals surface area contributed by atoms with Gasteiger partial charge in [-0.05, 0) is 105 Å². The summed E-state index contributed by atoms with van der Waals surface area (Å²) in [6.07, 6.45) is 0. The molecule has 0 unspecified atom stereocenters. The summed E-state index contributed by atoms with van der Waals surface area (Å²) in [5.41, 5.74) is 20.4. The van der Waals surface area contributed by atoms with Crippen molar-refractivity contribution in [1.82, 2.24) is 9.13 Å². The zero-order valence-corrected chi connectivity index (χ0v) is 35.4. The van der Waals surface area contributed by atoms with Crippen molar-refractivity contribution >= 4 is 54.8 Å². The van der Waals surface area contributed by atoms with Gasteiger partial charge in [0.25, 0.3) is 0 Å². The summed E-state index contributed by atoms with van der Waals surface area (Å²) in [4.78, 5) is 0. The first-order valence-corrected chi connectivity index (χ1v) is 22.3. The van der Waals surface area contributed by atoms with E-state index in [2.05, 4.69) is 246 Å². The SMILES string of the molecule is c1ccc(-c2ccccc2-c2ccc3c(c2)c2cc(-c4ccccc4-c4ccccc4)ccc2n3-c2ccccc2-c2ccccc2-n2c3ccccc3c3oc4ccccc4c32)cc1. The van der Waals surface area contributed by atoms with Crippen LogP contribution in [0, 0.1) is 0 Å². The number of rotatable bonds is 7. The molecule has 0 bridgehead atoms. The molecule has 0 aliphatic carbocycles. The third-order valence-corrected chi connectivity index (χ3v) is 13.2. The highest BCUT2D eigenvalue weighted by atomic mass is 16.3. The molecule has 0 saturated heterocycles. The van der Waals surface area contributed by atoms with E-state index in [1.54, 1.807) is 0 Å². The van der Waals surface area contributed by atoms with Gasteiger partial charge in [0.1, 0.15) is 11.1 Å². The van der Waals surface area contributed by atoms with E-state index in [-0.39, 0.29) is 0 Å². The largest absolute Gasteiger partial charge is 0.454 e. The maximum atomic E-state index is 6.62. The molecular formula is C62H40N2O. The summed E-state index contributed by atoms with van der Waals surface area (Å²) < 4.78 is 11.5. The number of hydrogen-bond donors (Lipinski definition) is 0. The van der Waals surface area contributed by atoms with Crippen LogP contribution < -0.4 is 0 Å². The first-order valence-electron chi connectivity index (χ1n) is 22.3. The molecule has 3 heteroatoms. The van der Waals surface area contributed by atoms with Crippen molar-refractivity contribution < 1.29 is 4.42 Å². The van der Waals surface area contributed by atoms with Gasteiger partial charge < -0.3 is 13.6 Å². The van der Waals surface area contributed by atoms with Crippen molar-refractivity contribution in [3.8, 4) is 67.0 Å². The van der Waals surface area contributed by atoms with Gasteiger partial charge >= 0.3 is 0 Å². The first-order chi connectivity index (χ1) is 32.3. The normalized spacial score (nSPS) is 11.7. The number of furan rings is 1. The molecule has 0 atom stereocenters. The summed E-state index contributed by atoms with van der Waals surface area (Å²) in [5, 5.41) is 4.59. The lowest BCUT2D eigenvalue weighted by atomic mass is 9.92. The molecule has 0 amide bonds. The minimum Gasteiger partial charge on any atom is -0.454 e. The third-order valence-electron chi connectivity index (χ3n) is 13.2. The fourth-order valence-electron chi connectivity index (χ4n) is 10.3. The molecule has 3 heterocycles. The second kappa shape index (κ2) is 15.0. The number of nitrogens with zero attached hydrogens (tertiary/aromatic N) is 2. The number of para-hydroxylation sites is 4. The second-order valence-electron chi connectivity index (χ2n) is 16.8. The van der Waals surface area contributed by atoms with Crippen LogP contribution in [-0.2, 0) is 0 Å². The van der Waals surface area contributed by atoms with Crippen molar-refractivity contribution in [1.29, 1.82) is 0 Å². The van der Waals surface area contributed by atoms with Crippen molar-refractivity contribution in [2.45, 2.75) is 0 Å². The van der Waals surface area contributed by atoms with Crippen LogP contribution in [0.4, 0.5) is 0 Å². The van der Waals surface area contributed by atoms with Crippen LogP contribution in [0.15, 0.2) is 247 Å². The molecular weight excluding hydrogens is 789 g/mol. The molecule has 3 nitrogen and oxygen atoms in total.